The minimum Gasteiger partial charge on any atom is -0.367 e. The number of hydrogen-bond donors (Lipinski definition) is 1. The summed E-state index contributed by atoms with van der Waals surface area (Å²) in [6.07, 6.45) is 5.64. The van der Waals surface area contributed by atoms with Gasteiger partial charge in [-0.1, -0.05) is 24.3 Å². The van der Waals surface area contributed by atoms with Crippen LogP contribution in [0.2, 0.25) is 0 Å². The van der Waals surface area contributed by atoms with Crippen molar-refractivity contribution >= 4 is 17.5 Å². The summed E-state index contributed by atoms with van der Waals surface area (Å²) in [6, 6.07) is 17.2. The maximum absolute atomic E-state index is 13.2. The fraction of sp³-hybridized carbons (Fsp3) is 0.280. The lowest BCUT2D eigenvalue weighted by atomic mass is 9.80. The zero-order chi connectivity index (χ0) is 22.0. The zero-order valence-corrected chi connectivity index (χ0v) is 17.6. The van der Waals surface area contributed by atoms with E-state index in [1.807, 2.05) is 42.5 Å². The molecule has 2 amide bonds. The number of nitrogens with zero attached hydrogens (tertiary/aromatic N) is 3. The molecule has 0 aliphatic carbocycles. The number of benzene rings is 1. The van der Waals surface area contributed by atoms with E-state index in [1.165, 1.54) is 0 Å². The third kappa shape index (κ3) is 3.76. The van der Waals surface area contributed by atoms with Gasteiger partial charge in [0, 0.05) is 54.9 Å². The molecule has 0 unspecified atom stereocenters. The first-order chi connectivity index (χ1) is 15.7. The van der Waals surface area contributed by atoms with E-state index in [-0.39, 0.29) is 11.8 Å². The van der Waals surface area contributed by atoms with Crippen molar-refractivity contribution in [3.8, 4) is 0 Å². The van der Waals surface area contributed by atoms with Crippen LogP contribution in [0.5, 0.6) is 0 Å². The van der Waals surface area contributed by atoms with E-state index in [2.05, 4.69) is 15.3 Å². The first-order valence-electron chi connectivity index (χ1n) is 10.8. The summed E-state index contributed by atoms with van der Waals surface area (Å²) in [7, 11) is 0. The van der Waals surface area contributed by atoms with Gasteiger partial charge in [-0.2, -0.15) is 0 Å². The lowest BCUT2D eigenvalue weighted by Gasteiger charge is -2.23. The first-order valence-corrected chi connectivity index (χ1v) is 10.8. The van der Waals surface area contributed by atoms with E-state index in [1.54, 1.807) is 35.6 Å². The lowest BCUT2D eigenvalue weighted by Crippen LogP contribution is -2.39. The molecule has 7 nitrogen and oxygen atoms in total. The molecule has 2 aliphatic rings. The van der Waals surface area contributed by atoms with Crippen LogP contribution in [-0.4, -0.2) is 47.6 Å². The molecule has 1 spiro atoms. The van der Waals surface area contributed by atoms with E-state index < -0.39 is 11.5 Å². The second kappa shape index (κ2) is 8.51. The molecule has 1 N–H and O–H groups in total. The van der Waals surface area contributed by atoms with Crippen LogP contribution in [0.3, 0.4) is 0 Å². The number of anilines is 1. The predicted octanol–water partition coefficient (Wildman–Crippen LogP) is 2.52. The Balaban J connectivity index is 1.29. The monoisotopic (exact) mass is 428 g/mol. The van der Waals surface area contributed by atoms with Crippen molar-refractivity contribution in [1.29, 1.82) is 0 Å². The van der Waals surface area contributed by atoms with E-state index in [9.17, 15) is 9.59 Å². The molecule has 1 aromatic carbocycles. The first kappa shape index (κ1) is 20.3. The van der Waals surface area contributed by atoms with Crippen molar-refractivity contribution in [1.82, 2.24) is 15.3 Å². The van der Waals surface area contributed by atoms with Gasteiger partial charge in [-0.05, 0) is 42.3 Å². The minimum absolute atomic E-state index is 0.0920. The van der Waals surface area contributed by atoms with Crippen molar-refractivity contribution in [2.24, 2.45) is 0 Å². The molecule has 0 saturated carbocycles. The van der Waals surface area contributed by atoms with Crippen molar-refractivity contribution in [3.05, 3.63) is 90.0 Å². The van der Waals surface area contributed by atoms with Gasteiger partial charge in [-0.15, -0.1) is 0 Å². The molecular weight excluding hydrogens is 404 g/mol. The summed E-state index contributed by atoms with van der Waals surface area (Å²) >= 11 is 0. The van der Waals surface area contributed by atoms with E-state index in [0.29, 0.717) is 38.1 Å². The Hall–Kier alpha value is -3.58. The summed E-state index contributed by atoms with van der Waals surface area (Å²) in [6.45, 7) is 1.39. The average molecular weight is 428 g/mol. The summed E-state index contributed by atoms with van der Waals surface area (Å²) in [5, 5.41) is 2.97. The molecule has 2 aliphatic heterocycles. The number of hydrogen-bond acceptors (Lipinski definition) is 5. The SMILES string of the molecule is O=C(NCCc1ccccn1)[C@@H]1C[C@]2(CO1)CN(C(=O)c1cccnc1)c1ccccc12. The summed E-state index contributed by atoms with van der Waals surface area (Å²) in [5.74, 6) is -0.210. The molecule has 4 heterocycles. The Morgan fingerprint density at radius 1 is 1.09 bits per heavy atom. The minimum atomic E-state index is -0.541. The van der Waals surface area contributed by atoms with Crippen molar-refractivity contribution in [3.63, 3.8) is 0 Å². The molecule has 7 heteroatoms. The van der Waals surface area contributed by atoms with E-state index >= 15 is 0 Å². The van der Waals surface area contributed by atoms with Gasteiger partial charge in [0.15, 0.2) is 0 Å². The Morgan fingerprint density at radius 3 is 2.78 bits per heavy atom. The zero-order valence-electron chi connectivity index (χ0n) is 17.6. The molecular formula is C25H24N4O3. The van der Waals surface area contributed by atoms with Crippen LogP contribution >= 0.6 is 0 Å². The molecule has 5 rings (SSSR count). The standard InChI is InChI=1S/C25H24N4O3/c30-23(28-13-10-19-7-3-4-12-27-19)22-14-25(17-32-22)16-29(21-9-2-1-8-20(21)25)24(31)18-6-5-11-26-15-18/h1-9,11-12,15,22H,10,13-14,16-17H2,(H,28,30)/t22-,25+/m0/s1. The van der Waals surface area contributed by atoms with E-state index in [4.69, 9.17) is 4.74 Å². The van der Waals surface area contributed by atoms with Crippen LogP contribution in [0.15, 0.2) is 73.2 Å². The van der Waals surface area contributed by atoms with Crippen LogP contribution in [0, 0.1) is 0 Å². The number of pyridine rings is 2. The van der Waals surface area contributed by atoms with Gasteiger partial charge in [-0.25, -0.2) is 0 Å². The highest BCUT2D eigenvalue weighted by Crippen LogP contribution is 2.47. The van der Waals surface area contributed by atoms with Gasteiger partial charge < -0.3 is 15.0 Å². The molecule has 2 atom stereocenters. The number of para-hydroxylation sites is 1. The Labute approximate surface area is 186 Å². The number of carbonyl (C=O) groups is 2. The van der Waals surface area contributed by atoms with Crippen LogP contribution in [0.25, 0.3) is 0 Å². The fourth-order valence-corrected chi connectivity index (χ4v) is 4.63. The van der Waals surface area contributed by atoms with Crippen LogP contribution < -0.4 is 10.2 Å². The number of amides is 2. The van der Waals surface area contributed by atoms with E-state index in [0.717, 1.165) is 16.9 Å². The van der Waals surface area contributed by atoms with Gasteiger partial charge in [0.05, 0.1) is 12.2 Å². The number of aromatic nitrogens is 2. The Morgan fingerprint density at radius 2 is 1.97 bits per heavy atom. The van der Waals surface area contributed by atoms with Crippen LogP contribution in [0.1, 0.15) is 28.0 Å². The largest absolute Gasteiger partial charge is 0.367 e. The maximum atomic E-state index is 13.2. The molecule has 0 bridgehead atoms. The highest BCUT2D eigenvalue weighted by Gasteiger charge is 2.51. The highest BCUT2D eigenvalue weighted by molar-refractivity contribution is 6.07. The summed E-state index contributed by atoms with van der Waals surface area (Å²) < 4.78 is 5.97. The summed E-state index contributed by atoms with van der Waals surface area (Å²) in [4.78, 5) is 36.1. The number of carbonyl (C=O) groups excluding carboxylic acids is 2. The second-order valence-corrected chi connectivity index (χ2v) is 8.30. The molecule has 2 aromatic heterocycles. The third-order valence-corrected chi connectivity index (χ3v) is 6.22. The molecule has 1 saturated heterocycles. The topological polar surface area (TPSA) is 84.4 Å². The van der Waals surface area contributed by atoms with Crippen molar-refractivity contribution in [2.45, 2.75) is 24.4 Å². The maximum Gasteiger partial charge on any atom is 0.259 e. The summed E-state index contributed by atoms with van der Waals surface area (Å²) in [5.41, 5.74) is 3.02. The van der Waals surface area contributed by atoms with Gasteiger partial charge in [0.25, 0.3) is 5.91 Å². The molecule has 162 valence electrons. The van der Waals surface area contributed by atoms with Gasteiger partial charge in [-0.3, -0.25) is 19.6 Å². The number of ether oxygens (including phenoxy) is 1. The van der Waals surface area contributed by atoms with Gasteiger partial charge in [0.2, 0.25) is 5.91 Å². The van der Waals surface area contributed by atoms with Crippen LogP contribution in [0.4, 0.5) is 5.69 Å². The third-order valence-electron chi connectivity index (χ3n) is 6.22. The lowest BCUT2D eigenvalue weighted by molar-refractivity contribution is -0.130. The van der Waals surface area contributed by atoms with Crippen molar-refractivity contribution in [2.75, 3.05) is 24.6 Å². The quantitative estimate of drug-likeness (QED) is 0.675. The number of fused-ring (bicyclic) bond motifs is 2. The Kier molecular flexibility index (Phi) is 5.41. The Bertz CT molecular complexity index is 1120. The van der Waals surface area contributed by atoms with Gasteiger partial charge in [0.1, 0.15) is 6.10 Å². The normalized spacial score (nSPS) is 21.5. The number of nitrogens with one attached hydrogen (secondary N) is 1. The number of rotatable bonds is 5. The fourth-order valence-electron chi connectivity index (χ4n) is 4.63. The molecule has 32 heavy (non-hydrogen) atoms. The van der Waals surface area contributed by atoms with Crippen LogP contribution in [-0.2, 0) is 21.4 Å². The average Bonchev–Trinajstić information content (AvgIpc) is 3.42. The van der Waals surface area contributed by atoms with Crippen molar-refractivity contribution < 1.29 is 14.3 Å². The second-order valence-electron chi connectivity index (χ2n) is 8.30. The predicted molar refractivity (Wildman–Crippen MR) is 119 cm³/mol. The molecule has 3 aromatic rings. The molecule has 1 fully saturated rings. The highest BCUT2D eigenvalue weighted by atomic mass is 16.5. The smallest absolute Gasteiger partial charge is 0.259 e. The molecule has 0 radical (unpaired) electrons. The van der Waals surface area contributed by atoms with Gasteiger partial charge >= 0.3 is 0 Å².